The molecule has 0 aliphatic rings. The Bertz CT molecular complexity index is 939. The number of carbonyl (C=O) groups excluding carboxylic acids is 1. The smallest absolute Gasteiger partial charge is 0.277 e. The number of fused-ring (bicyclic) bond motifs is 1. The summed E-state index contributed by atoms with van der Waals surface area (Å²) < 4.78 is 1.24. The Hall–Kier alpha value is -3.09. The Labute approximate surface area is 144 Å². The van der Waals surface area contributed by atoms with E-state index in [-0.39, 0.29) is 30.5 Å². The molecule has 7 nitrogen and oxygen atoms in total. The first-order valence-electron chi connectivity index (χ1n) is 8.06. The molecule has 7 heteroatoms. The number of aromatic nitrogens is 4. The summed E-state index contributed by atoms with van der Waals surface area (Å²) in [7, 11) is 1.75. The zero-order chi connectivity index (χ0) is 17.8. The number of amides is 1. The van der Waals surface area contributed by atoms with E-state index in [1.807, 2.05) is 19.1 Å². The van der Waals surface area contributed by atoms with E-state index in [4.69, 9.17) is 0 Å². The van der Waals surface area contributed by atoms with Gasteiger partial charge in [-0.1, -0.05) is 17.3 Å². The lowest BCUT2D eigenvalue weighted by Gasteiger charge is -2.25. The van der Waals surface area contributed by atoms with Crippen LogP contribution in [0.15, 0.2) is 53.6 Å². The van der Waals surface area contributed by atoms with Gasteiger partial charge in [-0.3, -0.25) is 14.6 Å². The molecule has 0 spiro atoms. The summed E-state index contributed by atoms with van der Waals surface area (Å²) in [6.07, 6.45) is 3.58. The van der Waals surface area contributed by atoms with Gasteiger partial charge in [0, 0.05) is 25.9 Å². The average Bonchev–Trinajstić information content (AvgIpc) is 2.67. The second kappa shape index (κ2) is 7.21. The molecule has 128 valence electrons. The Kier molecular flexibility index (Phi) is 4.83. The van der Waals surface area contributed by atoms with E-state index in [2.05, 4.69) is 15.3 Å². The van der Waals surface area contributed by atoms with Gasteiger partial charge < -0.3 is 4.90 Å². The molecule has 2 aromatic heterocycles. The van der Waals surface area contributed by atoms with E-state index in [9.17, 15) is 9.59 Å². The van der Waals surface area contributed by atoms with Crippen molar-refractivity contribution in [3.05, 3.63) is 64.7 Å². The topological polar surface area (TPSA) is 81.0 Å². The summed E-state index contributed by atoms with van der Waals surface area (Å²) in [6, 6.07) is 10.7. The molecule has 3 rings (SSSR count). The Morgan fingerprint density at radius 2 is 1.92 bits per heavy atom. The van der Waals surface area contributed by atoms with E-state index in [1.54, 1.807) is 48.6 Å². The van der Waals surface area contributed by atoms with Gasteiger partial charge in [0.15, 0.2) is 0 Å². The van der Waals surface area contributed by atoms with Crippen LogP contribution in [0.25, 0.3) is 10.9 Å². The van der Waals surface area contributed by atoms with Crippen molar-refractivity contribution in [3.8, 4) is 0 Å². The monoisotopic (exact) mass is 337 g/mol. The van der Waals surface area contributed by atoms with Gasteiger partial charge in [-0.15, -0.1) is 5.10 Å². The summed E-state index contributed by atoms with van der Waals surface area (Å²) in [6.45, 7) is 2.15. The number of nitrogens with zero attached hydrogens (tertiary/aromatic N) is 5. The third kappa shape index (κ3) is 3.55. The largest absolute Gasteiger partial charge is 0.339 e. The summed E-state index contributed by atoms with van der Waals surface area (Å²) in [5.41, 5.74) is 1.33. The maximum atomic E-state index is 12.5. The van der Waals surface area contributed by atoms with Crippen LogP contribution in [-0.4, -0.2) is 37.8 Å². The van der Waals surface area contributed by atoms with Gasteiger partial charge in [0.25, 0.3) is 5.56 Å². The molecular weight excluding hydrogens is 318 g/mol. The van der Waals surface area contributed by atoms with Crippen LogP contribution in [0.1, 0.15) is 24.9 Å². The Balaban J connectivity index is 1.70. The third-order valence-corrected chi connectivity index (χ3v) is 4.33. The molecule has 0 aliphatic carbocycles. The van der Waals surface area contributed by atoms with Crippen LogP contribution in [-0.2, 0) is 11.3 Å². The molecule has 1 atom stereocenters. The van der Waals surface area contributed by atoms with Crippen molar-refractivity contribution in [2.75, 3.05) is 7.05 Å². The van der Waals surface area contributed by atoms with Crippen molar-refractivity contribution in [3.63, 3.8) is 0 Å². The van der Waals surface area contributed by atoms with Crippen molar-refractivity contribution in [1.29, 1.82) is 0 Å². The molecule has 1 amide bonds. The third-order valence-electron chi connectivity index (χ3n) is 4.33. The van der Waals surface area contributed by atoms with Gasteiger partial charge in [-0.2, -0.15) is 0 Å². The summed E-state index contributed by atoms with van der Waals surface area (Å²) >= 11 is 0. The van der Waals surface area contributed by atoms with Crippen LogP contribution in [0.5, 0.6) is 0 Å². The van der Waals surface area contributed by atoms with Crippen LogP contribution >= 0.6 is 0 Å². The van der Waals surface area contributed by atoms with Crippen molar-refractivity contribution < 1.29 is 4.79 Å². The number of benzene rings is 1. The highest BCUT2D eigenvalue weighted by atomic mass is 16.2. The highest BCUT2D eigenvalue weighted by Crippen LogP contribution is 2.18. The molecular formula is C18H19N5O2. The molecule has 0 aliphatic heterocycles. The van der Waals surface area contributed by atoms with Gasteiger partial charge in [0.2, 0.25) is 5.91 Å². The maximum absolute atomic E-state index is 12.5. The maximum Gasteiger partial charge on any atom is 0.277 e. The standard InChI is InChI=1S/C18H19N5O2/c1-13(14-7-10-19-11-8-14)22(2)17(24)9-12-23-18(25)15-5-3-4-6-16(15)20-21-23/h3-8,10-11,13H,9,12H2,1-2H3. The highest BCUT2D eigenvalue weighted by Gasteiger charge is 2.17. The fourth-order valence-corrected chi connectivity index (χ4v) is 2.63. The van der Waals surface area contributed by atoms with Gasteiger partial charge in [0.05, 0.1) is 18.0 Å². The molecule has 1 aromatic carbocycles. The van der Waals surface area contributed by atoms with Crippen molar-refractivity contribution >= 4 is 16.8 Å². The first kappa shape index (κ1) is 16.8. The normalized spacial score (nSPS) is 12.1. The Morgan fingerprint density at radius 1 is 1.20 bits per heavy atom. The van der Waals surface area contributed by atoms with Gasteiger partial charge in [0.1, 0.15) is 5.52 Å². The predicted molar refractivity (Wildman–Crippen MR) is 93.8 cm³/mol. The first-order valence-corrected chi connectivity index (χ1v) is 8.06. The Morgan fingerprint density at radius 3 is 2.68 bits per heavy atom. The lowest BCUT2D eigenvalue weighted by atomic mass is 10.1. The van der Waals surface area contributed by atoms with Crippen molar-refractivity contribution in [2.24, 2.45) is 0 Å². The van der Waals surface area contributed by atoms with Crippen LogP contribution in [0.2, 0.25) is 0 Å². The van der Waals surface area contributed by atoms with E-state index >= 15 is 0 Å². The summed E-state index contributed by atoms with van der Waals surface area (Å²) in [5, 5.41) is 8.45. The zero-order valence-electron chi connectivity index (χ0n) is 14.2. The molecule has 0 saturated heterocycles. The molecule has 25 heavy (non-hydrogen) atoms. The van der Waals surface area contributed by atoms with Crippen molar-refractivity contribution in [1.82, 2.24) is 24.9 Å². The highest BCUT2D eigenvalue weighted by molar-refractivity contribution is 5.77. The number of pyridine rings is 1. The van der Waals surface area contributed by atoms with E-state index in [0.717, 1.165) is 5.56 Å². The molecule has 1 unspecified atom stereocenters. The minimum Gasteiger partial charge on any atom is -0.339 e. The van der Waals surface area contributed by atoms with E-state index < -0.39 is 0 Å². The lowest BCUT2D eigenvalue weighted by Crippen LogP contribution is -2.32. The van der Waals surface area contributed by atoms with Crippen molar-refractivity contribution in [2.45, 2.75) is 25.9 Å². The SMILES string of the molecule is CC(c1ccncc1)N(C)C(=O)CCn1nnc2ccccc2c1=O. The second-order valence-corrected chi connectivity index (χ2v) is 5.85. The molecule has 0 bridgehead atoms. The first-order chi connectivity index (χ1) is 12.1. The molecule has 0 radical (unpaired) electrons. The minimum absolute atomic E-state index is 0.0637. The number of hydrogen-bond donors (Lipinski definition) is 0. The number of carbonyl (C=O) groups is 1. The number of aryl methyl sites for hydroxylation is 1. The van der Waals surface area contributed by atoms with Gasteiger partial charge in [-0.05, 0) is 36.8 Å². The number of hydrogen-bond acceptors (Lipinski definition) is 5. The summed E-state index contributed by atoms with van der Waals surface area (Å²) in [5.74, 6) is -0.0637. The summed E-state index contributed by atoms with van der Waals surface area (Å²) in [4.78, 5) is 30.5. The average molecular weight is 337 g/mol. The fourth-order valence-electron chi connectivity index (χ4n) is 2.63. The zero-order valence-corrected chi connectivity index (χ0v) is 14.2. The van der Waals surface area contributed by atoms with E-state index in [1.165, 1.54) is 4.68 Å². The van der Waals surface area contributed by atoms with Crippen LogP contribution in [0, 0.1) is 0 Å². The molecule has 3 aromatic rings. The molecule has 0 fully saturated rings. The van der Waals surface area contributed by atoms with Crippen LogP contribution < -0.4 is 5.56 Å². The van der Waals surface area contributed by atoms with Crippen LogP contribution in [0.3, 0.4) is 0 Å². The van der Waals surface area contributed by atoms with Gasteiger partial charge in [-0.25, -0.2) is 4.68 Å². The molecule has 0 N–H and O–H groups in total. The predicted octanol–water partition coefficient (Wildman–Crippen LogP) is 1.80. The lowest BCUT2D eigenvalue weighted by molar-refractivity contribution is -0.132. The number of rotatable bonds is 5. The minimum atomic E-state index is -0.233. The fraction of sp³-hybridized carbons (Fsp3) is 0.278. The van der Waals surface area contributed by atoms with E-state index in [0.29, 0.717) is 10.9 Å². The molecule has 0 saturated carbocycles. The van der Waals surface area contributed by atoms with Gasteiger partial charge >= 0.3 is 0 Å². The quantitative estimate of drug-likeness (QED) is 0.709. The van der Waals surface area contributed by atoms with Crippen LogP contribution in [0.4, 0.5) is 0 Å². The second-order valence-electron chi connectivity index (χ2n) is 5.85. The molecule has 2 heterocycles.